The molecule has 5 nitrogen and oxygen atoms in total. The van der Waals surface area contributed by atoms with E-state index in [1.807, 2.05) is 12.1 Å². The molecule has 2 rings (SSSR count). The minimum absolute atomic E-state index is 0.217. The van der Waals surface area contributed by atoms with Gasteiger partial charge in [-0.25, -0.2) is 5.43 Å². The molecule has 1 amide bonds. The van der Waals surface area contributed by atoms with E-state index in [2.05, 4.69) is 62.3 Å². The van der Waals surface area contributed by atoms with E-state index in [4.69, 9.17) is 9.15 Å². The van der Waals surface area contributed by atoms with E-state index >= 15 is 0 Å². The molecule has 1 N–H and O–H groups in total. The number of furan rings is 1. The number of rotatable bonds is 6. The molecule has 1 heterocycles. The molecule has 2 aromatic rings. The molecule has 1 aromatic carbocycles. The summed E-state index contributed by atoms with van der Waals surface area (Å²) in [5.41, 5.74) is 3.27. The smallest absolute Gasteiger partial charge is 0.307 e. The molecule has 22 heavy (non-hydrogen) atoms. The Morgan fingerprint density at radius 2 is 2.14 bits per heavy atom. The zero-order chi connectivity index (χ0) is 15.9. The summed E-state index contributed by atoms with van der Waals surface area (Å²) in [6.07, 6.45) is 4.71. The predicted molar refractivity (Wildman–Crippen MR) is 101 cm³/mol. The van der Waals surface area contributed by atoms with Gasteiger partial charge in [0.2, 0.25) is 0 Å². The molecule has 0 spiro atoms. The number of benzene rings is 1. The van der Waals surface area contributed by atoms with Crippen LogP contribution in [-0.2, 0) is 0 Å². The summed E-state index contributed by atoms with van der Waals surface area (Å²) in [6, 6.07) is 7.06. The van der Waals surface area contributed by atoms with E-state index in [0.29, 0.717) is 6.61 Å². The molecule has 114 valence electrons. The summed E-state index contributed by atoms with van der Waals surface area (Å²) in [5, 5.41) is 3.92. The topological polar surface area (TPSA) is 63.8 Å². The Labute approximate surface area is 155 Å². The van der Waals surface area contributed by atoms with Gasteiger partial charge < -0.3 is 9.15 Å². The van der Waals surface area contributed by atoms with Crippen molar-refractivity contribution in [3.63, 3.8) is 0 Å². The third-order valence-electron chi connectivity index (χ3n) is 2.49. The standard InChI is InChI=1S/C15H12I2N2O3/c1-2-5-22-14-11(16)7-10(8-12(14)17)9-18-19-15(20)13-4-3-6-21-13/h2-4,6-9H,1,5H2,(H,19,20)/b18-9-. The quantitative estimate of drug-likeness (QED) is 0.272. The normalized spacial score (nSPS) is 10.6. The number of hydrogen-bond acceptors (Lipinski definition) is 4. The molecule has 0 aliphatic rings. The summed E-state index contributed by atoms with van der Waals surface area (Å²) in [4.78, 5) is 11.7. The predicted octanol–water partition coefficient (Wildman–Crippen LogP) is 3.82. The van der Waals surface area contributed by atoms with Crippen molar-refractivity contribution in [2.45, 2.75) is 0 Å². The fourth-order valence-corrected chi connectivity index (χ4v) is 3.69. The number of halogens is 2. The molecule has 0 unspecified atom stereocenters. The molecule has 0 aliphatic carbocycles. The summed E-state index contributed by atoms with van der Waals surface area (Å²) in [6.45, 7) is 4.09. The Hall–Kier alpha value is -1.36. The maximum atomic E-state index is 11.7. The number of ether oxygens (including phenoxy) is 1. The fourth-order valence-electron chi connectivity index (χ4n) is 1.56. The van der Waals surface area contributed by atoms with Crippen LogP contribution in [0.25, 0.3) is 0 Å². The van der Waals surface area contributed by atoms with Crippen LogP contribution in [0.2, 0.25) is 0 Å². The number of nitrogens with zero attached hydrogens (tertiary/aromatic N) is 1. The minimum atomic E-state index is -0.392. The zero-order valence-corrected chi connectivity index (χ0v) is 15.7. The van der Waals surface area contributed by atoms with E-state index < -0.39 is 5.91 Å². The number of carbonyl (C=O) groups excluding carboxylic acids is 1. The van der Waals surface area contributed by atoms with Crippen LogP contribution < -0.4 is 10.2 Å². The van der Waals surface area contributed by atoms with Crippen molar-refractivity contribution in [1.82, 2.24) is 5.43 Å². The Morgan fingerprint density at radius 1 is 1.41 bits per heavy atom. The second-order valence-corrected chi connectivity index (χ2v) is 6.41. The molecule has 0 fully saturated rings. The van der Waals surface area contributed by atoms with Crippen LogP contribution in [0.15, 0.2) is 52.7 Å². The van der Waals surface area contributed by atoms with Crippen LogP contribution >= 0.6 is 45.2 Å². The first kappa shape index (κ1) is 17.0. The van der Waals surface area contributed by atoms with E-state index in [-0.39, 0.29) is 5.76 Å². The van der Waals surface area contributed by atoms with Crippen molar-refractivity contribution < 1.29 is 13.9 Å². The average molecular weight is 522 g/mol. The molecule has 0 bridgehead atoms. The van der Waals surface area contributed by atoms with Gasteiger partial charge >= 0.3 is 5.91 Å². The van der Waals surface area contributed by atoms with Crippen LogP contribution in [0.4, 0.5) is 0 Å². The van der Waals surface area contributed by atoms with Gasteiger partial charge in [-0.15, -0.1) is 0 Å². The molecule has 1 aromatic heterocycles. The summed E-state index contributed by atoms with van der Waals surface area (Å²) < 4.78 is 12.5. The van der Waals surface area contributed by atoms with E-state index in [0.717, 1.165) is 18.5 Å². The van der Waals surface area contributed by atoms with E-state index in [9.17, 15) is 4.79 Å². The summed E-state index contributed by atoms with van der Waals surface area (Å²) >= 11 is 4.39. The van der Waals surface area contributed by atoms with Crippen molar-refractivity contribution in [3.8, 4) is 5.75 Å². The van der Waals surface area contributed by atoms with Crippen molar-refractivity contribution in [3.05, 3.63) is 61.6 Å². The first-order valence-corrected chi connectivity index (χ1v) is 8.37. The second-order valence-electron chi connectivity index (χ2n) is 4.09. The SMILES string of the molecule is C=CCOc1c(I)cc(/C=N\NC(=O)c2ccco2)cc1I. The molecule has 7 heteroatoms. The van der Waals surface area contributed by atoms with E-state index in [1.54, 1.807) is 24.4 Å². The number of hydrazone groups is 1. The van der Waals surface area contributed by atoms with Gasteiger partial charge in [0.25, 0.3) is 0 Å². The maximum Gasteiger partial charge on any atom is 0.307 e. The number of hydrogen-bond donors (Lipinski definition) is 1. The summed E-state index contributed by atoms with van der Waals surface area (Å²) in [7, 11) is 0. The highest BCUT2D eigenvalue weighted by Gasteiger charge is 2.08. The Kier molecular flexibility index (Phi) is 6.43. The van der Waals surface area contributed by atoms with Crippen LogP contribution in [0.5, 0.6) is 5.75 Å². The lowest BCUT2D eigenvalue weighted by Crippen LogP contribution is -2.16. The van der Waals surface area contributed by atoms with Gasteiger partial charge in [0.1, 0.15) is 12.4 Å². The first-order chi connectivity index (χ1) is 10.6. The molecule has 0 saturated carbocycles. The van der Waals surface area contributed by atoms with Crippen LogP contribution in [0.1, 0.15) is 16.1 Å². The third-order valence-corrected chi connectivity index (χ3v) is 4.09. The fraction of sp³-hybridized carbons (Fsp3) is 0.0667. The highest BCUT2D eigenvalue weighted by atomic mass is 127. The van der Waals surface area contributed by atoms with Crippen molar-refractivity contribution >= 4 is 57.3 Å². The lowest BCUT2D eigenvalue weighted by molar-refractivity contribution is 0.0927. The highest BCUT2D eigenvalue weighted by molar-refractivity contribution is 14.1. The van der Waals surface area contributed by atoms with Gasteiger partial charge in [-0.1, -0.05) is 12.7 Å². The molecule has 0 aliphatic heterocycles. The molecule has 0 radical (unpaired) electrons. The Morgan fingerprint density at radius 3 is 2.73 bits per heavy atom. The maximum absolute atomic E-state index is 11.7. The van der Waals surface area contributed by atoms with Gasteiger partial charge in [0.15, 0.2) is 5.76 Å². The number of amides is 1. The van der Waals surface area contributed by atoms with Crippen LogP contribution in [0.3, 0.4) is 0 Å². The lowest BCUT2D eigenvalue weighted by Gasteiger charge is -2.09. The third kappa shape index (κ3) is 4.57. The van der Waals surface area contributed by atoms with Gasteiger partial charge in [-0.05, 0) is 75.0 Å². The van der Waals surface area contributed by atoms with Gasteiger partial charge in [-0.2, -0.15) is 5.10 Å². The van der Waals surface area contributed by atoms with Crippen LogP contribution in [-0.4, -0.2) is 18.7 Å². The zero-order valence-electron chi connectivity index (χ0n) is 11.4. The van der Waals surface area contributed by atoms with Gasteiger partial charge in [-0.3, -0.25) is 4.79 Å². The van der Waals surface area contributed by atoms with Crippen molar-refractivity contribution in [1.29, 1.82) is 0 Å². The number of nitrogens with one attached hydrogen (secondary N) is 1. The molecule has 0 saturated heterocycles. The lowest BCUT2D eigenvalue weighted by atomic mass is 10.2. The molecular formula is C15H12I2N2O3. The molecular weight excluding hydrogens is 510 g/mol. The van der Waals surface area contributed by atoms with Crippen molar-refractivity contribution in [2.75, 3.05) is 6.61 Å². The van der Waals surface area contributed by atoms with E-state index in [1.165, 1.54) is 6.26 Å². The van der Waals surface area contributed by atoms with Gasteiger partial charge in [0, 0.05) is 0 Å². The monoisotopic (exact) mass is 522 g/mol. The second kappa shape index (κ2) is 8.32. The van der Waals surface area contributed by atoms with Crippen LogP contribution in [0, 0.1) is 7.14 Å². The molecule has 0 atom stereocenters. The first-order valence-electron chi connectivity index (χ1n) is 6.21. The summed E-state index contributed by atoms with van der Waals surface area (Å²) in [5.74, 6) is 0.643. The Balaban J connectivity index is 2.05. The average Bonchev–Trinajstić information content (AvgIpc) is 3.00. The largest absolute Gasteiger partial charge is 0.487 e. The number of carbonyl (C=O) groups is 1. The van der Waals surface area contributed by atoms with Gasteiger partial charge in [0.05, 0.1) is 19.6 Å². The minimum Gasteiger partial charge on any atom is -0.487 e. The highest BCUT2D eigenvalue weighted by Crippen LogP contribution is 2.28. The Bertz CT molecular complexity index is 674. The van der Waals surface area contributed by atoms with Crippen molar-refractivity contribution in [2.24, 2.45) is 5.10 Å².